The van der Waals surface area contributed by atoms with E-state index < -0.39 is 29.3 Å². The monoisotopic (exact) mass is 270 g/mol. The molecule has 0 spiro atoms. The van der Waals surface area contributed by atoms with Gasteiger partial charge in [0.05, 0.1) is 6.61 Å². The Morgan fingerprint density at radius 3 is 2.32 bits per heavy atom. The summed E-state index contributed by atoms with van der Waals surface area (Å²) in [7, 11) is 0. The van der Waals surface area contributed by atoms with Gasteiger partial charge in [0.25, 0.3) is 0 Å². The fourth-order valence-corrected chi connectivity index (χ4v) is 1.74. The number of rotatable bonds is 5. The van der Waals surface area contributed by atoms with E-state index in [9.17, 15) is 18.4 Å². The molecule has 0 radical (unpaired) electrons. The summed E-state index contributed by atoms with van der Waals surface area (Å²) in [5.41, 5.74) is -0.0364. The average molecular weight is 270 g/mol. The van der Waals surface area contributed by atoms with Gasteiger partial charge in [0.1, 0.15) is 5.92 Å². The van der Waals surface area contributed by atoms with Gasteiger partial charge in [-0.1, -0.05) is 13.8 Å². The van der Waals surface area contributed by atoms with Crippen molar-refractivity contribution in [3.05, 3.63) is 35.4 Å². The molecule has 1 aromatic rings. The first kappa shape index (κ1) is 15.3. The van der Waals surface area contributed by atoms with Crippen molar-refractivity contribution in [2.24, 2.45) is 11.8 Å². The van der Waals surface area contributed by atoms with E-state index in [0.717, 1.165) is 18.2 Å². The summed E-state index contributed by atoms with van der Waals surface area (Å²) >= 11 is 0. The highest BCUT2D eigenvalue weighted by atomic mass is 19.2. The first-order valence-corrected chi connectivity index (χ1v) is 6.04. The lowest BCUT2D eigenvalue weighted by Crippen LogP contribution is -2.30. The Balaban J connectivity index is 3.05. The van der Waals surface area contributed by atoms with Crippen molar-refractivity contribution in [2.45, 2.75) is 20.8 Å². The molecule has 1 rings (SSSR count). The van der Waals surface area contributed by atoms with Crippen LogP contribution >= 0.6 is 0 Å². The molecule has 1 atom stereocenters. The zero-order chi connectivity index (χ0) is 14.6. The molecular formula is C14H16F2O3. The molecule has 0 fully saturated rings. The lowest BCUT2D eigenvalue weighted by molar-refractivity contribution is -0.147. The molecule has 0 amide bonds. The van der Waals surface area contributed by atoms with Crippen molar-refractivity contribution in [2.75, 3.05) is 6.61 Å². The number of hydrogen-bond donors (Lipinski definition) is 0. The second-order valence-corrected chi connectivity index (χ2v) is 4.47. The Morgan fingerprint density at radius 1 is 1.21 bits per heavy atom. The Hall–Kier alpha value is -1.78. The van der Waals surface area contributed by atoms with Gasteiger partial charge in [0.15, 0.2) is 17.4 Å². The number of esters is 1. The summed E-state index contributed by atoms with van der Waals surface area (Å²) in [5, 5.41) is 0. The molecular weight excluding hydrogens is 254 g/mol. The van der Waals surface area contributed by atoms with Crippen molar-refractivity contribution in [3.63, 3.8) is 0 Å². The van der Waals surface area contributed by atoms with Gasteiger partial charge in [-0.3, -0.25) is 9.59 Å². The summed E-state index contributed by atoms with van der Waals surface area (Å²) in [6, 6.07) is 2.83. The highest BCUT2D eigenvalue weighted by Gasteiger charge is 2.32. The summed E-state index contributed by atoms with van der Waals surface area (Å²) in [6.45, 7) is 5.18. The van der Waals surface area contributed by atoms with Gasteiger partial charge in [-0.25, -0.2) is 8.78 Å². The number of benzene rings is 1. The van der Waals surface area contributed by atoms with Crippen LogP contribution in [0.5, 0.6) is 0 Å². The molecule has 0 aliphatic heterocycles. The molecule has 5 heteroatoms. The van der Waals surface area contributed by atoms with Crippen molar-refractivity contribution in [1.29, 1.82) is 0 Å². The van der Waals surface area contributed by atoms with Gasteiger partial charge in [0.2, 0.25) is 0 Å². The minimum atomic E-state index is -1.11. The van der Waals surface area contributed by atoms with Gasteiger partial charge in [-0.2, -0.15) is 0 Å². The molecule has 0 aromatic heterocycles. The third-order valence-electron chi connectivity index (χ3n) is 2.69. The van der Waals surface area contributed by atoms with E-state index in [0.29, 0.717) is 0 Å². The average Bonchev–Trinajstić information content (AvgIpc) is 2.32. The normalized spacial score (nSPS) is 12.3. The van der Waals surface area contributed by atoms with E-state index in [1.165, 1.54) is 0 Å². The molecule has 19 heavy (non-hydrogen) atoms. The Morgan fingerprint density at radius 2 is 1.84 bits per heavy atom. The fraction of sp³-hybridized carbons (Fsp3) is 0.429. The van der Waals surface area contributed by atoms with Crippen molar-refractivity contribution in [3.8, 4) is 0 Å². The zero-order valence-electron chi connectivity index (χ0n) is 11.1. The van der Waals surface area contributed by atoms with Crippen LogP contribution < -0.4 is 0 Å². The minimum Gasteiger partial charge on any atom is -0.465 e. The van der Waals surface area contributed by atoms with E-state index in [1.807, 2.05) is 0 Å². The second-order valence-electron chi connectivity index (χ2n) is 4.47. The summed E-state index contributed by atoms with van der Waals surface area (Å²) in [4.78, 5) is 23.9. The first-order chi connectivity index (χ1) is 8.88. The van der Waals surface area contributed by atoms with Crippen LogP contribution in [0.3, 0.4) is 0 Å². The third kappa shape index (κ3) is 3.59. The Labute approximate surface area is 110 Å². The summed E-state index contributed by atoms with van der Waals surface area (Å²) < 4.78 is 30.8. The van der Waals surface area contributed by atoms with E-state index >= 15 is 0 Å². The van der Waals surface area contributed by atoms with Crippen LogP contribution in [0, 0.1) is 23.5 Å². The molecule has 0 N–H and O–H groups in total. The van der Waals surface area contributed by atoms with Crippen LogP contribution in [0.15, 0.2) is 18.2 Å². The van der Waals surface area contributed by atoms with Crippen molar-refractivity contribution in [1.82, 2.24) is 0 Å². The lowest BCUT2D eigenvalue weighted by Gasteiger charge is -2.17. The lowest BCUT2D eigenvalue weighted by atomic mass is 9.88. The topological polar surface area (TPSA) is 43.4 Å². The Kier molecular flexibility index (Phi) is 5.15. The number of Topliss-reactive ketones (excluding diaryl/α,β-unsaturated/α-hetero) is 1. The van der Waals surface area contributed by atoms with Gasteiger partial charge >= 0.3 is 5.97 Å². The van der Waals surface area contributed by atoms with Crippen LogP contribution in [-0.4, -0.2) is 18.4 Å². The molecule has 3 nitrogen and oxygen atoms in total. The summed E-state index contributed by atoms with van der Waals surface area (Å²) in [5.74, 6) is -4.66. The maximum absolute atomic E-state index is 13.1. The number of carbonyl (C=O) groups is 2. The van der Waals surface area contributed by atoms with Crippen LogP contribution in [0.4, 0.5) is 8.78 Å². The second kappa shape index (κ2) is 6.41. The SMILES string of the molecule is CCOC(=O)C(C(=O)c1ccc(F)c(F)c1)C(C)C. The van der Waals surface area contributed by atoms with E-state index in [1.54, 1.807) is 20.8 Å². The van der Waals surface area contributed by atoms with E-state index in [2.05, 4.69) is 0 Å². The number of carbonyl (C=O) groups excluding carboxylic acids is 2. The molecule has 1 aromatic carbocycles. The molecule has 0 aliphatic carbocycles. The van der Waals surface area contributed by atoms with E-state index in [4.69, 9.17) is 4.74 Å². The Bertz CT molecular complexity index is 484. The van der Waals surface area contributed by atoms with Crippen molar-refractivity contribution >= 4 is 11.8 Å². The van der Waals surface area contributed by atoms with Crippen molar-refractivity contribution < 1.29 is 23.1 Å². The number of ether oxygens (including phenoxy) is 1. The largest absolute Gasteiger partial charge is 0.465 e. The fourth-order valence-electron chi connectivity index (χ4n) is 1.74. The highest BCUT2D eigenvalue weighted by molar-refractivity contribution is 6.08. The van der Waals surface area contributed by atoms with Gasteiger partial charge in [-0.05, 0) is 31.0 Å². The summed E-state index contributed by atoms with van der Waals surface area (Å²) in [6.07, 6.45) is 0. The molecule has 0 heterocycles. The zero-order valence-corrected chi connectivity index (χ0v) is 11.1. The molecule has 1 unspecified atom stereocenters. The van der Waals surface area contributed by atoms with Gasteiger partial charge in [0, 0.05) is 5.56 Å². The standard InChI is InChI=1S/C14H16F2O3/c1-4-19-14(18)12(8(2)3)13(17)9-5-6-10(15)11(16)7-9/h5-8,12H,4H2,1-3H3. The van der Waals surface area contributed by atoms with Crippen LogP contribution in [-0.2, 0) is 9.53 Å². The molecule has 0 saturated heterocycles. The van der Waals surface area contributed by atoms with Crippen LogP contribution in [0.25, 0.3) is 0 Å². The highest BCUT2D eigenvalue weighted by Crippen LogP contribution is 2.20. The first-order valence-electron chi connectivity index (χ1n) is 6.04. The van der Waals surface area contributed by atoms with Crippen LogP contribution in [0.2, 0.25) is 0 Å². The van der Waals surface area contributed by atoms with Gasteiger partial charge in [-0.15, -0.1) is 0 Å². The van der Waals surface area contributed by atoms with Gasteiger partial charge < -0.3 is 4.74 Å². The molecule has 0 saturated carbocycles. The molecule has 0 bridgehead atoms. The maximum Gasteiger partial charge on any atom is 0.317 e. The quantitative estimate of drug-likeness (QED) is 0.469. The molecule has 0 aliphatic rings. The number of hydrogen-bond acceptors (Lipinski definition) is 3. The number of halogens is 2. The third-order valence-corrected chi connectivity index (χ3v) is 2.69. The predicted octanol–water partition coefficient (Wildman–Crippen LogP) is 2.98. The van der Waals surface area contributed by atoms with E-state index in [-0.39, 0.29) is 18.1 Å². The smallest absolute Gasteiger partial charge is 0.317 e. The number of ketones is 1. The van der Waals surface area contributed by atoms with Crippen LogP contribution in [0.1, 0.15) is 31.1 Å². The maximum atomic E-state index is 13.1. The molecule has 104 valence electrons. The predicted molar refractivity (Wildman–Crippen MR) is 65.6 cm³/mol. The minimum absolute atomic E-state index is 0.0364.